The van der Waals surface area contributed by atoms with Crippen LogP contribution in [0, 0.1) is 12.8 Å². The predicted molar refractivity (Wildman–Crippen MR) is 115 cm³/mol. The van der Waals surface area contributed by atoms with Crippen LogP contribution in [0.5, 0.6) is 0 Å². The van der Waals surface area contributed by atoms with E-state index in [-0.39, 0.29) is 5.56 Å². The first-order valence-electron chi connectivity index (χ1n) is 10.4. The molecule has 2 atom stereocenters. The van der Waals surface area contributed by atoms with Gasteiger partial charge in [-0.1, -0.05) is 18.2 Å². The van der Waals surface area contributed by atoms with E-state index in [0.29, 0.717) is 11.8 Å². The van der Waals surface area contributed by atoms with Gasteiger partial charge in [0.1, 0.15) is 12.1 Å². The molecule has 6 rings (SSSR count). The second-order valence-electron chi connectivity index (χ2n) is 8.43. The molecule has 1 aromatic carbocycles. The zero-order chi connectivity index (χ0) is 20.2. The van der Waals surface area contributed by atoms with Gasteiger partial charge in [-0.15, -0.1) is 0 Å². The number of hydrogen-bond donors (Lipinski definition) is 0. The van der Waals surface area contributed by atoms with Gasteiger partial charge in [0.25, 0.3) is 5.56 Å². The summed E-state index contributed by atoms with van der Waals surface area (Å²) >= 11 is 0. The standard InChI is InChI=1S/C23H22N6O/c1-15-4-2-5-18(8-15)29-23-19(10-26-29)22(24-14-25-23)27-11-16-9-17(13-27)20-6-3-7-21(30)28(20)12-16/h2-8,10,14,16-17H,9,11-13H2,1H3. The molecule has 30 heavy (non-hydrogen) atoms. The molecule has 7 nitrogen and oxygen atoms in total. The molecular weight excluding hydrogens is 376 g/mol. The maximum atomic E-state index is 12.3. The van der Waals surface area contributed by atoms with Gasteiger partial charge in [0.15, 0.2) is 5.65 Å². The number of anilines is 1. The van der Waals surface area contributed by atoms with E-state index in [2.05, 4.69) is 45.1 Å². The van der Waals surface area contributed by atoms with Crippen LogP contribution in [0.4, 0.5) is 5.82 Å². The van der Waals surface area contributed by atoms with Crippen LogP contribution >= 0.6 is 0 Å². The summed E-state index contributed by atoms with van der Waals surface area (Å²) in [5, 5.41) is 5.59. The monoisotopic (exact) mass is 398 g/mol. The third-order valence-electron chi connectivity index (χ3n) is 6.37. The van der Waals surface area contributed by atoms with Crippen molar-refractivity contribution in [1.29, 1.82) is 0 Å². The highest BCUT2D eigenvalue weighted by Crippen LogP contribution is 2.38. The molecule has 4 aromatic rings. The van der Waals surface area contributed by atoms with Gasteiger partial charge < -0.3 is 9.47 Å². The van der Waals surface area contributed by atoms with Crippen LogP contribution in [0.3, 0.4) is 0 Å². The molecule has 3 aromatic heterocycles. The molecule has 1 saturated heterocycles. The van der Waals surface area contributed by atoms with Crippen molar-refractivity contribution in [3.05, 3.63) is 76.6 Å². The second kappa shape index (κ2) is 6.52. The van der Waals surface area contributed by atoms with Crippen molar-refractivity contribution in [2.75, 3.05) is 18.0 Å². The Labute approximate surface area is 173 Å². The van der Waals surface area contributed by atoms with Gasteiger partial charge in [-0.2, -0.15) is 5.10 Å². The lowest BCUT2D eigenvalue weighted by molar-refractivity contribution is 0.281. The van der Waals surface area contributed by atoms with Gasteiger partial charge in [-0.05, 0) is 43.0 Å². The smallest absolute Gasteiger partial charge is 0.250 e. The van der Waals surface area contributed by atoms with Crippen LogP contribution in [0.25, 0.3) is 16.7 Å². The fourth-order valence-corrected chi connectivity index (χ4v) is 5.10. The lowest BCUT2D eigenvalue weighted by Crippen LogP contribution is -2.47. The van der Waals surface area contributed by atoms with Gasteiger partial charge in [0, 0.05) is 37.3 Å². The molecule has 1 fully saturated rings. The van der Waals surface area contributed by atoms with E-state index < -0.39 is 0 Å². The van der Waals surface area contributed by atoms with Gasteiger partial charge in [-0.25, -0.2) is 14.6 Å². The van der Waals surface area contributed by atoms with Crippen LogP contribution in [0.2, 0.25) is 0 Å². The van der Waals surface area contributed by atoms with Crippen LogP contribution in [-0.2, 0) is 6.54 Å². The first-order valence-corrected chi connectivity index (χ1v) is 10.4. The molecule has 0 amide bonds. The lowest BCUT2D eigenvalue weighted by Gasteiger charge is -2.43. The SMILES string of the molecule is Cc1cccc(-n2ncc3c(N4CC5CC(C4)c4cccc(=O)n4C5)ncnc32)c1. The van der Waals surface area contributed by atoms with Crippen molar-refractivity contribution >= 4 is 16.9 Å². The molecule has 150 valence electrons. The lowest BCUT2D eigenvalue weighted by atomic mass is 9.83. The van der Waals surface area contributed by atoms with Crippen LogP contribution in [-0.4, -0.2) is 37.4 Å². The van der Waals surface area contributed by atoms with Crippen molar-refractivity contribution in [3.63, 3.8) is 0 Å². The normalized spacial score (nSPS) is 20.4. The fraction of sp³-hybridized carbons (Fsp3) is 0.304. The first-order chi connectivity index (χ1) is 14.7. The molecular formula is C23H22N6O. The Hall–Kier alpha value is -3.48. The Kier molecular flexibility index (Phi) is 3.78. The summed E-state index contributed by atoms with van der Waals surface area (Å²) in [5.41, 5.74) is 4.25. The van der Waals surface area contributed by atoms with Gasteiger partial charge >= 0.3 is 0 Å². The van der Waals surface area contributed by atoms with Gasteiger partial charge in [0.2, 0.25) is 0 Å². The molecule has 2 aliphatic rings. The fourth-order valence-electron chi connectivity index (χ4n) is 5.10. The van der Waals surface area contributed by atoms with Crippen molar-refractivity contribution in [2.24, 2.45) is 5.92 Å². The quantitative estimate of drug-likeness (QED) is 0.519. The van der Waals surface area contributed by atoms with Crippen LogP contribution in [0.15, 0.2) is 59.8 Å². The predicted octanol–water partition coefficient (Wildman–Crippen LogP) is 2.91. The maximum Gasteiger partial charge on any atom is 0.250 e. The van der Waals surface area contributed by atoms with Crippen LogP contribution in [0.1, 0.15) is 23.6 Å². The number of piperidine rings is 1. The minimum Gasteiger partial charge on any atom is -0.355 e. The Bertz CT molecular complexity index is 1320. The number of fused-ring (bicyclic) bond motifs is 5. The van der Waals surface area contributed by atoms with Crippen molar-refractivity contribution in [2.45, 2.75) is 25.8 Å². The van der Waals surface area contributed by atoms with Gasteiger partial charge in [-0.3, -0.25) is 4.79 Å². The number of aryl methyl sites for hydroxylation is 1. The minimum absolute atomic E-state index is 0.111. The molecule has 2 aliphatic heterocycles. The summed E-state index contributed by atoms with van der Waals surface area (Å²) in [5.74, 6) is 1.71. The summed E-state index contributed by atoms with van der Waals surface area (Å²) in [6.07, 6.45) is 4.63. The summed E-state index contributed by atoms with van der Waals surface area (Å²) in [7, 11) is 0. The van der Waals surface area contributed by atoms with Crippen molar-refractivity contribution in [1.82, 2.24) is 24.3 Å². The van der Waals surface area contributed by atoms with E-state index in [4.69, 9.17) is 0 Å². The maximum absolute atomic E-state index is 12.3. The highest BCUT2D eigenvalue weighted by atomic mass is 16.1. The molecule has 7 heteroatoms. The molecule has 2 unspecified atom stereocenters. The number of hydrogen-bond acceptors (Lipinski definition) is 5. The third-order valence-corrected chi connectivity index (χ3v) is 6.37. The van der Waals surface area contributed by atoms with E-state index in [0.717, 1.165) is 54.3 Å². The topological polar surface area (TPSA) is 68.8 Å². The molecule has 0 aliphatic carbocycles. The Balaban J connectivity index is 1.41. The summed E-state index contributed by atoms with van der Waals surface area (Å²) in [6, 6.07) is 13.9. The number of nitrogens with zero attached hydrogens (tertiary/aromatic N) is 6. The van der Waals surface area contributed by atoms with E-state index in [1.165, 1.54) is 5.56 Å². The summed E-state index contributed by atoms with van der Waals surface area (Å²) in [6.45, 7) is 4.59. The van der Waals surface area contributed by atoms with Gasteiger partial charge in [0.05, 0.1) is 17.3 Å². The molecule has 0 spiro atoms. The van der Waals surface area contributed by atoms with Crippen molar-refractivity contribution < 1.29 is 0 Å². The Morgan fingerprint density at radius 1 is 1.03 bits per heavy atom. The zero-order valence-electron chi connectivity index (χ0n) is 16.8. The average Bonchev–Trinajstić information content (AvgIpc) is 3.19. The highest BCUT2D eigenvalue weighted by molar-refractivity contribution is 5.87. The van der Waals surface area contributed by atoms with E-state index in [1.807, 2.05) is 33.6 Å². The second-order valence-corrected chi connectivity index (χ2v) is 8.43. The number of aromatic nitrogens is 5. The van der Waals surface area contributed by atoms with E-state index >= 15 is 0 Å². The molecule has 5 heterocycles. The molecule has 0 N–H and O–H groups in total. The number of benzene rings is 1. The largest absolute Gasteiger partial charge is 0.355 e. The Morgan fingerprint density at radius 2 is 1.93 bits per heavy atom. The third kappa shape index (κ3) is 2.65. The summed E-state index contributed by atoms with van der Waals surface area (Å²) in [4.78, 5) is 23.8. The number of rotatable bonds is 2. The van der Waals surface area contributed by atoms with E-state index in [9.17, 15) is 4.79 Å². The average molecular weight is 398 g/mol. The highest BCUT2D eigenvalue weighted by Gasteiger charge is 2.35. The summed E-state index contributed by atoms with van der Waals surface area (Å²) < 4.78 is 3.84. The Morgan fingerprint density at radius 3 is 2.83 bits per heavy atom. The van der Waals surface area contributed by atoms with Crippen molar-refractivity contribution in [3.8, 4) is 5.69 Å². The molecule has 0 saturated carbocycles. The molecule has 2 bridgehead atoms. The number of pyridine rings is 1. The van der Waals surface area contributed by atoms with E-state index in [1.54, 1.807) is 12.4 Å². The minimum atomic E-state index is 0.111. The zero-order valence-corrected chi connectivity index (χ0v) is 16.8. The molecule has 0 radical (unpaired) electrons. The van der Waals surface area contributed by atoms with Crippen LogP contribution < -0.4 is 10.5 Å². The first kappa shape index (κ1) is 17.4.